The average molecular weight is 427 g/mol. The molecule has 0 fully saturated rings. The molecule has 2 aromatic rings. The van der Waals surface area contributed by atoms with Crippen molar-refractivity contribution in [2.24, 2.45) is 5.10 Å². The molecule has 1 heterocycles. The van der Waals surface area contributed by atoms with Crippen LogP contribution in [0.3, 0.4) is 0 Å². The molecular formula is C25H38N4O2. The monoisotopic (exact) mass is 426 g/mol. The first kappa shape index (κ1) is 24.6. The van der Waals surface area contributed by atoms with Gasteiger partial charge in [0, 0.05) is 29.1 Å². The topological polar surface area (TPSA) is 86.3 Å². The molecule has 0 radical (unpaired) electrons. The Bertz CT molecular complexity index is 813. The van der Waals surface area contributed by atoms with Gasteiger partial charge in [-0.25, -0.2) is 5.43 Å². The summed E-state index contributed by atoms with van der Waals surface area (Å²) in [6, 6.07) is 7.89. The maximum absolute atomic E-state index is 11.9. The molecule has 3 N–H and O–H groups in total. The second-order valence-corrected chi connectivity index (χ2v) is 8.15. The Balaban J connectivity index is 1.46. The number of hydrogen-bond donors (Lipinski definition) is 3. The molecular weight excluding hydrogens is 388 g/mol. The van der Waals surface area contributed by atoms with E-state index in [1.54, 1.807) is 6.21 Å². The van der Waals surface area contributed by atoms with Crippen molar-refractivity contribution in [3.8, 4) is 0 Å². The first-order valence-electron chi connectivity index (χ1n) is 11.9. The number of rotatable bonds is 16. The molecule has 1 aromatic carbocycles. The van der Waals surface area contributed by atoms with Gasteiger partial charge in [-0.1, -0.05) is 89.3 Å². The van der Waals surface area contributed by atoms with Crippen LogP contribution in [0.4, 0.5) is 0 Å². The van der Waals surface area contributed by atoms with Crippen molar-refractivity contribution in [2.75, 3.05) is 6.54 Å². The van der Waals surface area contributed by atoms with E-state index in [1.807, 2.05) is 30.5 Å². The molecule has 6 nitrogen and oxygen atoms in total. The summed E-state index contributed by atoms with van der Waals surface area (Å²) in [4.78, 5) is 26.9. The van der Waals surface area contributed by atoms with Crippen molar-refractivity contribution in [3.63, 3.8) is 0 Å². The number of amides is 2. The fourth-order valence-electron chi connectivity index (χ4n) is 3.63. The molecule has 0 bridgehead atoms. The number of fused-ring (bicyclic) bond motifs is 1. The minimum absolute atomic E-state index is 0.0535. The summed E-state index contributed by atoms with van der Waals surface area (Å²) in [7, 11) is 0. The van der Waals surface area contributed by atoms with Crippen LogP contribution in [-0.2, 0) is 9.59 Å². The lowest BCUT2D eigenvalue weighted by molar-refractivity contribution is -0.126. The number of unbranched alkanes of at least 4 members (excludes halogenated alkanes) is 10. The number of benzene rings is 1. The second kappa shape index (κ2) is 15.2. The van der Waals surface area contributed by atoms with Crippen molar-refractivity contribution in [2.45, 2.75) is 84.0 Å². The van der Waals surface area contributed by atoms with Gasteiger partial charge in [-0.05, 0) is 12.5 Å². The van der Waals surface area contributed by atoms with Crippen LogP contribution < -0.4 is 10.7 Å². The van der Waals surface area contributed by atoms with Gasteiger partial charge in [0.15, 0.2) is 0 Å². The Hall–Kier alpha value is -2.63. The number of hydrazone groups is 1. The SMILES string of the molecule is CCCCCCCCCCCCCC(=O)NCC(=O)N/N=C\c1c[nH]c2ccccc12. The molecule has 0 unspecified atom stereocenters. The Morgan fingerprint density at radius 1 is 0.903 bits per heavy atom. The predicted molar refractivity (Wildman–Crippen MR) is 128 cm³/mol. The zero-order valence-electron chi connectivity index (χ0n) is 18.9. The van der Waals surface area contributed by atoms with E-state index in [0.29, 0.717) is 6.42 Å². The van der Waals surface area contributed by atoms with Gasteiger partial charge < -0.3 is 10.3 Å². The van der Waals surface area contributed by atoms with Crippen LogP contribution in [0, 0.1) is 0 Å². The van der Waals surface area contributed by atoms with E-state index in [1.165, 1.54) is 57.8 Å². The lowest BCUT2D eigenvalue weighted by atomic mass is 10.1. The highest BCUT2D eigenvalue weighted by molar-refractivity contribution is 5.99. The standard InChI is InChI=1S/C25H38N4O2/c1-2-3-4-5-6-7-8-9-10-11-12-17-24(30)27-20-25(31)29-28-19-21-18-26-23-16-14-13-15-22(21)23/h13-16,18-19,26H,2-12,17,20H2,1H3,(H,27,30)(H,29,31)/b28-19-. The molecule has 6 heteroatoms. The summed E-state index contributed by atoms with van der Waals surface area (Å²) in [5, 5.41) is 7.68. The number of carbonyl (C=O) groups excluding carboxylic acids is 2. The normalized spacial score (nSPS) is 11.3. The van der Waals surface area contributed by atoms with E-state index >= 15 is 0 Å². The van der Waals surface area contributed by atoms with Crippen LogP contribution in [0.5, 0.6) is 0 Å². The molecule has 0 saturated carbocycles. The molecule has 0 aliphatic carbocycles. The highest BCUT2D eigenvalue weighted by Gasteiger charge is 2.05. The molecule has 0 saturated heterocycles. The minimum atomic E-state index is -0.330. The molecule has 1 aromatic heterocycles. The van der Waals surface area contributed by atoms with E-state index in [0.717, 1.165) is 29.3 Å². The van der Waals surface area contributed by atoms with E-state index in [9.17, 15) is 9.59 Å². The third kappa shape index (κ3) is 10.3. The number of hydrogen-bond acceptors (Lipinski definition) is 3. The van der Waals surface area contributed by atoms with E-state index < -0.39 is 0 Å². The molecule has 170 valence electrons. The highest BCUT2D eigenvalue weighted by Crippen LogP contribution is 2.15. The molecule has 0 aliphatic heterocycles. The van der Waals surface area contributed by atoms with Crippen LogP contribution in [0.1, 0.15) is 89.5 Å². The minimum Gasteiger partial charge on any atom is -0.361 e. The van der Waals surface area contributed by atoms with Gasteiger partial charge in [-0.2, -0.15) is 5.10 Å². The Morgan fingerprint density at radius 2 is 1.55 bits per heavy atom. The largest absolute Gasteiger partial charge is 0.361 e. The summed E-state index contributed by atoms with van der Waals surface area (Å²) < 4.78 is 0. The lowest BCUT2D eigenvalue weighted by Gasteiger charge is -2.05. The third-order valence-corrected chi connectivity index (χ3v) is 5.47. The number of H-pyrrole nitrogens is 1. The highest BCUT2D eigenvalue weighted by atomic mass is 16.2. The van der Waals surface area contributed by atoms with E-state index in [4.69, 9.17) is 0 Å². The molecule has 0 aliphatic rings. The Kier molecular flexibility index (Phi) is 12.1. The van der Waals surface area contributed by atoms with E-state index in [-0.39, 0.29) is 18.4 Å². The molecule has 0 atom stereocenters. The quantitative estimate of drug-likeness (QED) is 0.190. The maximum atomic E-state index is 11.9. The average Bonchev–Trinajstić information content (AvgIpc) is 3.19. The number of nitrogens with one attached hydrogen (secondary N) is 3. The number of para-hydroxylation sites is 1. The van der Waals surface area contributed by atoms with Crippen molar-refractivity contribution in [1.29, 1.82) is 0 Å². The van der Waals surface area contributed by atoms with Crippen LogP contribution in [0.2, 0.25) is 0 Å². The third-order valence-electron chi connectivity index (χ3n) is 5.47. The number of aromatic nitrogens is 1. The summed E-state index contributed by atoms with van der Waals surface area (Å²) >= 11 is 0. The molecule has 2 amide bonds. The van der Waals surface area contributed by atoms with Gasteiger partial charge in [-0.3, -0.25) is 9.59 Å². The molecule has 31 heavy (non-hydrogen) atoms. The fraction of sp³-hybridized carbons (Fsp3) is 0.560. The predicted octanol–water partition coefficient (Wildman–Crippen LogP) is 5.44. The Morgan fingerprint density at radius 3 is 2.26 bits per heavy atom. The number of aromatic amines is 1. The van der Waals surface area contributed by atoms with Gasteiger partial charge in [-0.15, -0.1) is 0 Å². The maximum Gasteiger partial charge on any atom is 0.259 e. The van der Waals surface area contributed by atoms with Gasteiger partial charge in [0.1, 0.15) is 0 Å². The zero-order valence-corrected chi connectivity index (χ0v) is 18.9. The van der Waals surface area contributed by atoms with Crippen molar-refractivity contribution in [3.05, 3.63) is 36.0 Å². The van der Waals surface area contributed by atoms with Crippen molar-refractivity contribution in [1.82, 2.24) is 15.7 Å². The summed E-state index contributed by atoms with van der Waals surface area (Å²) in [5.74, 6) is -0.407. The van der Waals surface area contributed by atoms with Gasteiger partial charge in [0.2, 0.25) is 5.91 Å². The first-order valence-corrected chi connectivity index (χ1v) is 11.9. The van der Waals surface area contributed by atoms with Gasteiger partial charge in [0.25, 0.3) is 5.91 Å². The summed E-state index contributed by atoms with van der Waals surface area (Å²) in [5.41, 5.74) is 4.37. The van der Waals surface area contributed by atoms with E-state index in [2.05, 4.69) is 27.8 Å². The van der Waals surface area contributed by atoms with Crippen LogP contribution in [-0.4, -0.2) is 29.6 Å². The van der Waals surface area contributed by atoms with Crippen molar-refractivity contribution < 1.29 is 9.59 Å². The molecule has 0 spiro atoms. The summed E-state index contributed by atoms with van der Waals surface area (Å²) in [6.07, 6.45) is 17.7. The fourth-order valence-corrected chi connectivity index (χ4v) is 3.63. The van der Waals surface area contributed by atoms with Gasteiger partial charge in [0.05, 0.1) is 12.8 Å². The lowest BCUT2D eigenvalue weighted by Crippen LogP contribution is -2.34. The second-order valence-electron chi connectivity index (χ2n) is 8.15. The summed E-state index contributed by atoms with van der Waals surface area (Å²) in [6.45, 7) is 2.19. The number of nitrogens with zero attached hydrogens (tertiary/aromatic N) is 1. The van der Waals surface area contributed by atoms with Crippen molar-refractivity contribution >= 4 is 28.9 Å². The smallest absolute Gasteiger partial charge is 0.259 e. The van der Waals surface area contributed by atoms with Crippen LogP contribution in [0.15, 0.2) is 35.6 Å². The van der Waals surface area contributed by atoms with Crippen LogP contribution >= 0.6 is 0 Å². The zero-order chi connectivity index (χ0) is 22.2. The Labute approximate surface area is 186 Å². The first-order chi connectivity index (χ1) is 15.2. The molecule has 2 rings (SSSR count). The number of carbonyl (C=O) groups is 2. The van der Waals surface area contributed by atoms with Crippen LogP contribution in [0.25, 0.3) is 10.9 Å². The van der Waals surface area contributed by atoms with Gasteiger partial charge >= 0.3 is 0 Å².